The zero-order valence-corrected chi connectivity index (χ0v) is 15.2. The van der Waals surface area contributed by atoms with Gasteiger partial charge in [0, 0.05) is 16.7 Å². The van der Waals surface area contributed by atoms with Crippen molar-refractivity contribution >= 4 is 29.3 Å². The average molecular weight is 368 g/mol. The second-order valence-corrected chi connectivity index (χ2v) is 6.17. The Morgan fingerprint density at radius 1 is 1.12 bits per heavy atom. The maximum Gasteiger partial charge on any atom is 0.248 e. The Morgan fingerprint density at radius 3 is 2.62 bits per heavy atom. The van der Waals surface area contributed by atoms with Crippen molar-refractivity contribution in [2.75, 3.05) is 12.4 Å². The number of halogens is 1. The Balaban J connectivity index is 1.69. The van der Waals surface area contributed by atoms with Crippen LogP contribution in [0.4, 0.5) is 5.69 Å². The van der Waals surface area contributed by atoms with Crippen LogP contribution in [-0.4, -0.2) is 13.0 Å². The summed E-state index contributed by atoms with van der Waals surface area (Å²) in [4.78, 5) is 12.2. The van der Waals surface area contributed by atoms with E-state index in [1.54, 1.807) is 31.4 Å². The molecule has 0 saturated heterocycles. The van der Waals surface area contributed by atoms with Crippen molar-refractivity contribution in [1.82, 2.24) is 0 Å². The molecule has 0 atom stereocenters. The third-order valence-corrected chi connectivity index (χ3v) is 4.02. The number of rotatable bonds is 5. The largest absolute Gasteiger partial charge is 0.495 e. The molecule has 3 aromatic rings. The summed E-state index contributed by atoms with van der Waals surface area (Å²) in [5, 5.41) is 3.48. The van der Waals surface area contributed by atoms with Gasteiger partial charge in [-0.05, 0) is 67.1 Å². The molecule has 3 rings (SSSR count). The van der Waals surface area contributed by atoms with Crippen LogP contribution in [0.5, 0.6) is 5.75 Å². The lowest BCUT2D eigenvalue weighted by molar-refractivity contribution is -0.111. The Morgan fingerprint density at radius 2 is 1.88 bits per heavy atom. The smallest absolute Gasteiger partial charge is 0.248 e. The van der Waals surface area contributed by atoms with Crippen molar-refractivity contribution in [3.05, 3.63) is 77.0 Å². The molecule has 1 amide bonds. The maximum absolute atomic E-state index is 12.2. The molecule has 0 bridgehead atoms. The van der Waals surface area contributed by atoms with Gasteiger partial charge in [-0.2, -0.15) is 0 Å². The highest BCUT2D eigenvalue weighted by atomic mass is 35.5. The number of carbonyl (C=O) groups is 1. The standard InChI is InChI=1S/C21H18ClNO3/c1-14-3-10-20(25-2)18(13-14)23-21(24)12-9-17-8-11-19(26-17)15-4-6-16(22)7-5-15/h3-13H,1-2H3,(H,23,24)/b12-9+. The highest BCUT2D eigenvalue weighted by molar-refractivity contribution is 6.30. The van der Waals surface area contributed by atoms with Crippen molar-refractivity contribution in [2.24, 2.45) is 0 Å². The number of nitrogens with one attached hydrogen (secondary N) is 1. The summed E-state index contributed by atoms with van der Waals surface area (Å²) in [5.41, 5.74) is 2.58. The Hall–Kier alpha value is -2.98. The fourth-order valence-corrected chi connectivity index (χ4v) is 2.59. The highest BCUT2D eigenvalue weighted by Gasteiger charge is 2.07. The van der Waals surface area contributed by atoms with Crippen LogP contribution in [0.25, 0.3) is 17.4 Å². The first-order valence-corrected chi connectivity index (χ1v) is 8.42. The Kier molecular flexibility index (Phi) is 5.44. The summed E-state index contributed by atoms with van der Waals surface area (Å²) in [6.45, 7) is 1.95. The molecule has 0 aliphatic heterocycles. The monoisotopic (exact) mass is 367 g/mol. The van der Waals surface area contributed by atoms with E-state index < -0.39 is 0 Å². The third-order valence-electron chi connectivity index (χ3n) is 3.77. The zero-order valence-electron chi connectivity index (χ0n) is 14.5. The molecule has 132 valence electrons. The van der Waals surface area contributed by atoms with E-state index >= 15 is 0 Å². The van der Waals surface area contributed by atoms with E-state index in [1.807, 2.05) is 43.3 Å². The van der Waals surface area contributed by atoms with Gasteiger partial charge in [-0.1, -0.05) is 17.7 Å². The minimum atomic E-state index is -0.265. The molecule has 1 heterocycles. The van der Waals surface area contributed by atoms with Crippen LogP contribution in [0.3, 0.4) is 0 Å². The molecular weight excluding hydrogens is 350 g/mol. The van der Waals surface area contributed by atoms with Crippen LogP contribution in [0.15, 0.2) is 65.1 Å². The summed E-state index contributed by atoms with van der Waals surface area (Å²) in [6, 6.07) is 16.6. The van der Waals surface area contributed by atoms with E-state index in [1.165, 1.54) is 6.08 Å². The van der Waals surface area contributed by atoms with E-state index in [4.69, 9.17) is 20.8 Å². The van der Waals surface area contributed by atoms with Crippen molar-refractivity contribution in [3.63, 3.8) is 0 Å². The highest BCUT2D eigenvalue weighted by Crippen LogP contribution is 2.26. The SMILES string of the molecule is COc1ccc(C)cc1NC(=O)/C=C/c1ccc(-c2ccc(Cl)cc2)o1. The topological polar surface area (TPSA) is 51.5 Å². The van der Waals surface area contributed by atoms with Crippen molar-refractivity contribution in [2.45, 2.75) is 6.92 Å². The average Bonchev–Trinajstić information content (AvgIpc) is 3.10. The van der Waals surface area contributed by atoms with Gasteiger partial charge in [0.15, 0.2) is 0 Å². The van der Waals surface area contributed by atoms with Crippen LogP contribution < -0.4 is 10.1 Å². The van der Waals surface area contributed by atoms with Gasteiger partial charge in [0.25, 0.3) is 0 Å². The predicted molar refractivity (Wildman–Crippen MR) is 105 cm³/mol. The van der Waals surface area contributed by atoms with E-state index in [2.05, 4.69) is 5.32 Å². The van der Waals surface area contributed by atoms with Crippen LogP contribution in [0, 0.1) is 6.92 Å². The normalized spacial score (nSPS) is 10.9. The number of carbonyl (C=O) groups excluding carboxylic acids is 1. The summed E-state index contributed by atoms with van der Waals surface area (Å²) < 4.78 is 11.0. The maximum atomic E-state index is 12.2. The second kappa shape index (κ2) is 7.93. The summed E-state index contributed by atoms with van der Waals surface area (Å²) in [5.74, 6) is 1.64. The lowest BCUT2D eigenvalue weighted by Gasteiger charge is -2.09. The number of methoxy groups -OCH3 is 1. The van der Waals surface area contributed by atoms with Gasteiger partial charge in [-0.15, -0.1) is 0 Å². The van der Waals surface area contributed by atoms with Crippen molar-refractivity contribution in [1.29, 1.82) is 0 Å². The molecule has 1 N–H and O–H groups in total. The molecule has 0 aliphatic rings. The molecule has 0 radical (unpaired) electrons. The minimum Gasteiger partial charge on any atom is -0.495 e. The van der Waals surface area contributed by atoms with Crippen molar-refractivity contribution < 1.29 is 13.9 Å². The molecule has 0 saturated carbocycles. The van der Waals surface area contributed by atoms with Crippen LogP contribution in [0.2, 0.25) is 5.02 Å². The quantitative estimate of drug-likeness (QED) is 0.600. The summed E-state index contributed by atoms with van der Waals surface area (Å²) >= 11 is 5.89. The van der Waals surface area contributed by atoms with Gasteiger partial charge in [0.05, 0.1) is 12.8 Å². The van der Waals surface area contributed by atoms with Gasteiger partial charge < -0.3 is 14.5 Å². The molecule has 2 aromatic carbocycles. The molecular formula is C21H18ClNO3. The van der Waals surface area contributed by atoms with Crippen LogP contribution in [-0.2, 0) is 4.79 Å². The molecule has 0 fully saturated rings. The number of hydrogen-bond acceptors (Lipinski definition) is 3. The van der Waals surface area contributed by atoms with Gasteiger partial charge in [-0.3, -0.25) is 4.79 Å². The summed E-state index contributed by atoms with van der Waals surface area (Å²) in [7, 11) is 1.57. The van der Waals surface area contributed by atoms with Gasteiger partial charge in [0.1, 0.15) is 17.3 Å². The van der Waals surface area contributed by atoms with E-state index in [9.17, 15) is 4.79 Å². The molecule has 0 spiro atoms. The molecule has 26 heavy (non-hydrogen) atoms. The van der Waals surface area contributed by atoms with Crippen molar-refractivity contribution in [3.8, 4) is 17.1 Å². The Bertz CT molecular complexity index is 942. The predicted octanol–water partition coefficient (Wildman–Crippen LogP) is 5.57. The fraction of sp³-hybridized carbons (Fsp3) is 0.0952. The number of furan rings is 1. The summed E-state index contributed by atoms with van der Waals surface area (Å²) in [6.07, 6.45) is 3.04. The zero-order chi connectivity index (χ0) is 18.5. The van der Waals surface area contributed by atoms with Gasteiger partial charge in [0.2, 0.25) is 5.91 Å². The van der Waals surface area contributed by atoms with E-state index in [-0.39, 0.29) is 5.91 Å². The minimum absolute atomic E-state index is 0.265. The molecule has 5 heteroatoms. The number of anilines is 1. The number of amides is 1. The second-order valence-electron chi connectivity index (χ2n) is 5.74. The molecule has 1 aromatic heterocycles. The van der Waals surface area contributed by atoms with Crippen LogP contribution >= 0.6 is 11.6 Å². The van der Waals surface area contributed by atoms with Gasteiger partial charge >= 0.3 is 0 Å². The van der Waals surface area contributed by atoms with E-state index in [0.29, 0.717) is 28.0 Å². The number of ether oxygens (including phenoxy) is 1. The fourth-order valence-electron chi connectivity index (χ4n) is 2.46. The molecule has 4 nitrogen and oxygen atoms in total. The van der Waals surface area contributed by atoms with Crippen LogP contribution in [0.1, 0.15) is 11.3 Å². The molecule has 0 unspecified atom stereocenters. The number of hydrogen-bond donors (Lipinski definition) is 1. The third kappa shape index (κ3) is 4.35. The lowest BCUT2D eigenvalue weighted by atomic mass is 10.2. The Labute approximate surface area is 157 Å². The van der Waals surface area contributed by atoms with Gasteiger partial charge in [-0.25, -0.2) is 0 Å². The first kappa shape index (κ1) is 17.8. The number of benzene rings is 2. The first-order chi connectivity index (χ1) is 12.5. The van der Waals surface area contributed by atoms with E-state index in [0.717, 1.165) is 11.1 Å². The molecule has 0 aliphatic carbocycles. The first-order valence-electron chi connectivity index (χ1n) is 8.04. The number of aryl methyl sites for hydroxylation is 1. The lowest BCUT2D eigenvalue weighted by Crippen LogP contribution is -2.09.